The lowest BCUT2D eigenvalue weighted by Crippen LogP contribution is -2.38. The second-order valence-corrected chi connectivity index (χ2v) is 7.90. The molecule has 1 aliphatic carbocycles. The lowest BCUT2D eigenvalue weighted by molar-refractivity contribution is 0.154. The zero-order valence-electron chi connectivity index (χ0n) is 15.9. The van der Waals surface area contributed by atoms with Gasteiger partial charge in [0, 0.05) is 42.5 Å². The predicted molar refractivity (Wildman–Crippen MR) is 110 cm³/mol. The zero-order valence-corrected chi connectivity index (χ0v) is 15.9. The van der Waals surface area contributed by atoms with Crippen molar-refractivity contribution in [2.75, 3.05) is 23.3 Å². The molecule has 0 aromatic carbocycles. The van der Waals surface area contributed by atoms with Crippen molar-refractivity contribution in [3.05, 3.63) is 30.6 Å². The lowest BCUT2D eigenvalue weighted by Gasteiger charge is -2.31. The number of rotatable bonds is 4. The molecule has 3 N–H and O–H groups in total. The van der Waals surface area contributed by atoms with E-state index in [1.54, 1.807) is 0 Å². The molecular formula is C21H26N6O. The lowest BCUT2D eigenvalue weighted by atomic mass is 10.1. The highest BCUT2D eigenvalue weighted by Crippen LogP contribution is 2.30. The van der Waals surface area contributed by atoms with Crippen LogP contribution in [0.3, 0.4) is 0 Å². The van der Waals surface area contributed by atoms with Gasteiger partial charge in [0.15, 0.2) is 5.82 Å². The third-order valence-electron chi connectivity index (χ3n) is 5.84. The first-order valence-corrected chi connectivity index (χ1v) is 10.3. The largest absolute Gasteiger partial charge is 0.391 e. The van der Waals surface area contributed by atoms with Gasteiger partial charge in [-0.1, -0.05) is 12.8 Å². The molecule has 1 unspecified atom stereocenters. The van der Waals surface area contributed by atoms with Crippen LogP contribution < -0.4 is 10.2 Å². The summed E-state index contributed by atoms with van der Waals surface area (Å²) >= 11 is 0. The molecule has 0 amide bonds. The van der Waals surface area contributed by atoms with Crippen molar-refractivity contribution in [2.45, 2.75) is 50.7 Å². The van der Waals surface area contributed by atoms with Crippen LogP contribution in [0.2, 0.25) is 0 Å². The smallest absolute Gasteiger partial charge is 0.162 e. The number of aliphatic hydroxyl groups is 1. The second-order valence-electron chi connectivity index (χ2n) is 7.90. The van der Waals surface area contributed by atoms with Crippen LogP contribution in [-0.2, 0) is 0 Å². The Kier molecular flexibility index (Phi) is 4.60. The van der Waals surface area contributed by atoms with Gasteiger partial charge in [-0.15, -0.1) is 0 Å². The van der Waals surface area contributed by atoms with Crippen LogP contribution in [0.1, 0.15) is 38.5 Å². The minimum Gasteiger partial charge on any atom is -0.391 e. The van der Waals surface area contributed by atoms with Crippen molar-refractivity contribution in [3.8, 4) is 11.4 Å². The molecule has 0 bridgehead atoms. The minimum atomic E-state index is -0.285. The van der Waals surface area contributed by atoms with E-state index >= 15 is 0 Å². The molecule has 2 fully saturated rings. The van der Waals surface area contributed by atoms with Crippen LogP contribution in [0.25, 0.3) is 22.4 Å². The Morgan fingerprint density at radius 2 is 2.00 bits per heavy atom. The van der Waals surface area contributed by atoms with Gasteiger partial charge in [-0.25, -0.2) is 15.0 Å². The summed E-state index contributed by atoms with van der Waals surface area (Å²) in [6.45, 7) is 1.54. The number of β-amino-alcohol motifs (C(OH)–C–C–N with tert-alkyl or cyclic N) is 1. The van der Waals surface area contributed by atoms with Crippen molar-refractivity contribution >= 4 is 22.7 Å². The molecule has 2 aliphatic rings. The maximum Gasteiger partial charge on any atom is 0.162 e. The first-order chi connectivity index (χ1) is 13.8. The second kappa shape index (κ2) is 7.39. The molecule has 7 heteroatoms. The van der Waals surface area contributed by atoms with Gasteiger partial charge in [0.05, 0.1) is 6.10 Å². The number of nitrogens with one attached hydrogen (secondary N) is 2. The van der Waals surface area contributed by atoms with Crippen LogP contribution >= 0.6 is 0 Å². The fraction of sp³-hybridized carbons (Fsp3) is 0.476. The third-order valence-corrected chi connectivity index (χ3v) is 5.84. The van der Waals surface area contributed by atoms with E-state index in [-0.39, 0.29) is 6.10 Å². The molecule has 1 saturated carbocycles. The van der Waals surface area contributed by atoms with Gasteiger partial charge in [0.25, 0.3) is 0 Å². The van der Waals surface area contributed by atoms with Gasteiger partial charge in [-0.2, -0.15) is 0 Å². The third kappa shape index (κ3) is 3.42. The first-order valence-electron chi connectivity index (χ1n) is 10.3. The molecule has 5 rings (SSSR count). The molecular weight excluding hydrogens is 352 g/mol. The van der Waals surface area contributed by atoms with E-state index in [1.807, 2.05) is 24.5 Å². The summed E-state index contributed by atoms with van der Waals surface area (Å²) in [5, 5.41) is 14.6. The summed E-state index contributed by atoms with van der Waals surface area (Å²) in [6, 6.07) is 6.51. The Hall–Kier alpha value is -2.67. The van der Waals surface area contributed by atoms with Crippen molar-refractivity contribution < 1.29 is 5.11 Å². The van der Waals surface area contributed by atoms with Crippen molar-refractivity contribution in [2.24, 2.45) is 0 Å². The van der Waals surface area contributed by atoms with E-state index < -0.39 is 0 Å². The van der Waals surface area contributed by atoms with E-state index in [2.05, 4.69) is 26.3 Å². The minimum absolute atomic E-state index is 0.285. The molecule has 146 valence electrons. The monoisotopic (exact) mass is 378 g/mol. The summed E-state index contributed by atoms with van der Waals surface area (Å²) in [5.74, 6) is 2.44. The molecule has 1 aliphatic heterocycles. The molecule has 4 heterocycles. The average Bonchev–Trinajstić information content (AvgIpc) is 3.39. The fourth-order valence-corrected chi connectivity index (χ4v) is 4.39. The Bertz CT molecular complexity index is 964. The number of anilines is 2. The first kappa shape index (κ1) is 17.4. The number of aromatic amines is 1. The van der Waals surface area contributed by atoms with Gasteiger partial charge in [0.1, 0.15) is 17.3 Å². The molecule has 1 atom stereocenters. The zero-order chi connectivity index (χ0) is 18.9. The normalized spacial score (nSPS) is 20.8. The SMILES string of the molecule is OC1CCCN(c2ccnc(-c3cc(NC4CCCC4)nc4[nH]ccc34)n2)C1. The number of fused-ring (bicyclic) bond motifs is 1. The summed E-state index contributed by atoms with van der Waals surface area (Å²) in [4.78, 5) is 19.5. The fourth-order valence-electron chi connectivity index (χ4n) is 4.39. The summed E-state index contributed by atoms with van der Waals surface area (Å²) in [6.07, 6.45) is 10.2. The predicted octanol–water partition coefficient (Wildman–Crippen LogP) is 3.34. The maximum absolute atomic E-state index is 10.0. The van der Waals surface area contributed by atoms with Crippen molar-refractivity contribution in [1.29, 1.82) is 0 Å². The summed E-state index contributed by atoms with van der Waals surface area (Å²) in [5.41, 5.74) is 1.83. The number of pyridine rings is 1. The van der Waals surface area contributed by atoms with Crippen LogP contribution in [0.5, 0.6) is 0 Å². The van der Waals surface area contributed by atoms with E-state index in [4.69, 9.17) is 9.97 Å². The molecule has 7 nitrogen and oxygen atoms in total. The summed E-state index contributed by atoms with van der Waals surface area (Å²) < 4.78 is 0. The van der Waals surface area contributed by atoms with E-state index in [9.17, 15) is 5.11 Å². The Morgan fingerprint density at radius 1 is 1.11 bits per heavy atom. The molecule has 28 heavy (non-hydrogen) atoms. The molecule has 0 spiro atoms. The highest BCUT2D eigenvalue weighted by molar-refractivity contribution is 5.93. The summed E-state index contributed by atoms with van der Waals surface area (Å²) in [7, 11) is 0. The molecule has 1 saturated heterocycles. The number of aromatic nitrogens is 4. The average molecular weight is 378 g/mol. The van der Waals surface area contributed by atoms with Crippen LogP contribution in [0.4, 0.5) is 11.6 Å². The van der Waals surface area contributed by atoms with E-state index in [0.717, 1.165) is 47.6 Å². The Labute approximate surface area is 164 Å². The van der Waals surface area contributed by atoms with Gasteiger partial charge in [-0.3, -0.25) is 0 Å². The van der Waals surface area contributed by atoms with Gasteiger partial charge in [0.2, 0.25) is 0 Å². The van der Waals surface area contributed by atoms with Gasteiger partial charge < -0.3 is 20.3 Å². The number of aliphatic hydroxyl groups excluding tert-OH is 1. The highest BCUT2D eigenvalue weighted by Gasteiger charge is 2.21. The Balaban J connectivity index is 1.51. The van der Waals surface area contributed by atoms with Crippen molar-refractivity contribution in [1.82, 2.24) is 19.9 Å². The van der Waals surface area contributed by atoms with Crippen LogP contribution in [0.15, 0.2) is 30.6 Å². The number of piperidine rings is 1. The van der Waals surface area contributed by atoms with E-state index in [0.29, 0.717) is 18.4 Å². The highest BCUT2D eigenvalue weighted by atomic mass is 16.3. The van der Waals surface area contributed by atoms with Crippen molar-refractivity contribution in [3.63, 3.8) is 0 Å². The number of hydrogen-bond donors (Lipinski definition) is 3. The molecule has 3 aromatic heterocycles. The number of hydrogen-bond acceptors (Lipinski definition) is 6. The number of H-pyrrole nitrogens is 1. The van der Waals surface area contributed by atoms with Crippen LogP contribution in [0, 0.1) is 0 Å². The standard InChI is InChI=1S/C21H26N6O/c28-15-6-3-11-27(13-15)19-8-10-23-21(26-19)17-12-18(24-14-4-1-2-5-14)25-20-16(17)7-9-22-20/h7-10,12,14-15,28H,1-6,11,13H2,(H2,22,24,25). The quantitative estimate of drug-likeness (QED) is 0.645. The van der Waals surface area contributed by atoms with Gasteiger partial charge in [-0.05, 0) is 43.9 Å². The topological polar surface area (TPSA) is 90.0 Å². The van der Waals surface area contributed by atoms with E-state index in [1.165, 1.54) is 25.7 Å². The van der Waals surface area contributed by atoms with Crippen LogP contribution in [-0.4, -0.2) is 50.3 Å². The molecule has 0 radical (unpaired) electrons. The molecule has 3 aromatic rings. The maximum atomic E-state index is 10.0. The van der Waals surface area contributed by atoms with Gasteiger partial charge >= 0.3 is 0 Å². The number of nitrogens with zero attached hydrogens (tertiary/aromatic N) is 4. The Morgan fingerprint density at radius 3 is 2.86 bits per heavy atom.